The van der Waals surface area contributed by atoms with E-state index < -0.39 is 12.0 Å². The highest BCUT2D eigenvalue weighted by atomic mass is 19.4. The average Bonchev–Trinajstić information content (AvgIpc) is 2.42. The monoisotopic (exact) mass is 275 g/mol. The average molecular weight is 275 g/mol. The van der Waals surface area contributed by atoms with Crippen molar-refractivity contribution in [3.63, 3.8) is 0 Å². The number of nitrogens with zero attached hydrogens (tertiary/aromatic N) is 1. The maximum Gasteiger partial charge on any atom is 0.454 e. The van der Waals surface area contributed by atoms with Crippen LogP contribution in [0.5, 0.6) is 0 Å². The molecule has 1 aliphatic heterocycles. The fraction of sp³-hybridized carbons (Fsp3) is 0.786. The van der Waals surface area contributed by atoms with Crippen LogP contribution in [0.2, 0.25) is 0 Å². The molecule has 2 rings (SSSR count). The Morgan fingerprint density at radius 3 is 2.47 bits per heavy atom. The molecule has 108 valence electrons. The minimum absolute atomic E-state index is 0.151. The number of fused-ring (bicyclic) bond motifs is 2. The van der Waals surface area contributed by atoms with Gasteiger partial charge < -0.3 is 4.90 Å². The number of carbonyl (C=O) groups is 1. The molecular formula is C14H20F3NO. The smallest absolute Gasteiger partial charge is 0.374 e. The molecule has 2 fully saturated rings. The topological polar surface area (TPSA) is 20.3 Å². The van der Waals surface area contributed by atoms with Gasteiger partial charge in [-0.3, -0.25) is 4.79 Å². The number of alkyl halides is 3. The van der Waals surface area contributed by atoms with Crippen molar-refractivity contribution in [1.82, 2.24) is 4.90 Å². The molecule has 0 aromatic rings. The molecule has 1 saturated carbocycles. The van der Waals surface area contributed by atoms with Gasteiger partial charge >= 0.3 is 6.18 Å². The summed E-state index contributed by atoms with van der Waals surface area (Å²) in [4.78, 5) is 12.8. The van der Waals surface area contributed by atoms with Crippen molar-refractivity contribution in [2.75, 3.05) is 6.54 Å². The van der Waals surface area contributed by atoms with Crippen LogP contribution in [0.1, 0.15) is 40.0 Å². The molecule has 2 atom stereocenters. The van der Waals surface area contributed by atoms with Crippen LogP contribution in [0.4, 0.5) is 13.2 Å². The lowest BCUT2D eigenvalue weighted by Crippen LogP contribution is -2.33. The zero-order chi connectivity index (χ0) is 14.5. The van der Waals surface area contributed by atoms with Gasteiger partial charge in [0.1, 0.15) is 0 Å². The standard InChI is InChI=1S/C14H20F3NO/c1-12(2)6-10-7-13(3,8-12)9-18(10)5-4-11(19)14(15,16)17/h4-5,10H,6-9H2,1-3H3. The van der Waals surface area contributed by atoms with Gasteiger partial charge in [0, 0.05) is 24.9 Å². The second-order valence-corrected chi connectivity index (χ2v) is 7.06. The lowest BCUT2D eigenvalue weighted by molar-refractivity contribution is -0.165. The van der Waals surface area contributed by atoms with Gasteiger partial charge in [-0.1, -0.05) is 20.8 Å². The van der Waals surface area contributed by atoms with Crippen molar-refractivity contribution in [3.05, 3.63) is 12.3 Å². The van der Waals surface area contributed by atoms with Gasteiger partial charge in [0.25, 0.3) is 5.78 Å². The van der Waals surface area contributed by atoms with Crippen LogP contribution in [-0.2, 0) is 4.79 Å². The molecule has 2 nitrogen and oxygen atoms in total. The summed E-state index contributed by atoms with van der Waals surface area (Å²) < 4.78 is 36.5. The summed E-state index contributed by atoms with van der Waals surface area (Å²) in [5.74, 6) is -1.78. The molecule has 0 N–H and O–H groups in total. The first kappa shape index (κ1) is 14.4. The maximum absolute atomic E-state index is 12.2. The van der Waals surface area contributed by atoms with Crippen LogP contribution < -0.4 is 0 Å². The molecule has 2 aliphatic rings. The van der Waals surface area contributed by atoms with E-state index in [2.05, 4.69) is 20.8 Å². The van der Waals surface area contributed by atoms with E-state index in [4.69, 9.17) is 0 Å². The normalized spacial score (nSPS) is 34.0. The summed E-state index contributed by atoms with van der Waals surface area (Å²) in [6.45, 7) is 7.32. The van der Waals surface area contributed by atoms with Crippen LogP contribution in [0, 0.1) is 10.8 Å². The summed E-state index contributed by atoms with van der Waals surface area (Å²) in [7, 11) is 0. The minimum atomic E-state index is -4.77. The van der Waals surface area contributed by atoms with Gasteiger partial charge in [0.2, 0.25) is 0 Å². The van der Waals surface area contributed by atoms with E-state index in [1.807, 2.05) is 4.90 Å². The Morgan fingerprint density at radius 1 is 1.26 bits per heavy atom. The van der Waals surface area contributed by atoms with E-state index in [0.717, 1.165) is 25.8 Å². The molecule has 2 bridgehead atoms. The largest absolute Gasteiger partial charge is 0.454 e. The first-order valence-electron chi connectivity index (χ1n) is 6.56. The van der Waals surface area contributed by atoms with Crippen LogP contribution in [0.15, 0.2) is 12.3 Å². The number of ketones is 1. The van der Waals surface area contributed by atoms with Crippen LogP contribution in [0.25, 0.3) is 0 Å². The van der Waals surface area contributed by atoms with Crippen molar-refractivity contribution in [3.8, 4) is 0 Å². The predicted molar refractivity (Wildman–Crippen MR) is 66.4 cm³/mol. The third kappa shape index (κ3) is 3.12. The molecular weight excluding hydrogens is 255 g/mol. The Balaban J connectivity index is 2.08. The fourth-order valence-electron chi connectivity index (χ4n) is 3.94. The lowest BCUT2D eigenvalue weighted by atomic mass is 9.65. The third-order valence-corrected chi connectivity index (χ3v) is 4.15. The predicted octanol–water partition coefficient (Wildman–Crippen LogP) is 3.53. The summed E-state index contributed by atoms with van der Waals surface area (Å²) in [5.41, 5.74) is 0.367. The fourth-order valence-corrected chi connectivity index (χ4v) is 3.94. The third-order valence-electron chi connectivity index (χ3n) is 4.15. The van der Waals surface area contributed by atoms with Crippen molar-refractivity contribution < 1.29 is 18.0 Å². The first-order chi connectivity index (χ1) is 8.51. The highest BCUT2D eigenvalue weighted by Gasteiger charge is 2.48. The van der Waals surface area contributed by atoms with Crippen LogP contribution in [-0.4, -0.2) is 29.4 Å². The van der Waals surface area contributed by atoms with Crippen molar-refractivity contribution in [2.45, 2.75) is 52.3 Å². The maximum atomic E-state index is 12.2. The second-order valence-electron chi connectivity index (χ2n) is 7.06. The van der Waals surface area contributed by atoms with Crippen molar-refractivity contribution in [2.24, 2.45) is 10.8 Å². The van der Waals surface area contributed by atoms with E-state index in [1.54, 1.807) is 0 Å². The summed E-state index contributed by atoms with van der Waals surface area (Å²) in [6.07, 6.45) is 0.279. The van der Waals surface area contributed by atoms with Crippen LogP contribution in [0.3, 0.4) is 0 Å². The summed E-state index contributed by atoms with van der Waals surface area (Å²) in [5, 5.41) is 0. The van der Waals surface area contributed by atoms with E-state index in [0.29, 0.717) is 6.08 Å². The number of halogens is 3. The summed E-state index contributed by atoms with van der Waals surface area (Å²) >= 11 is 0. The number of hydrogen-bond donors (Lipinski definition) is 0. The molecule has 0 spiro atoms. The van der Waals surface area contributed by atoms with Crippen molar-refractivity contribution in [1.29, 1.82) is 0 Å². The Labute approximate surface area is 111 Å². The van der Waals surface area contributed by atoms with Crippen LogP contribution >= 0.6 is 0 Å². The van der Waals surface area contributed by atoms with Gasteiger partial charge in [0.05, 0.1) is 0 Å². The molecule has 2 unspecified atom stereocenters. The van der Waals surface area contributed by atoms with Crippen molar-refractivity contribution >= 4 is 5.78 Å². The molecule has 1 saturated heterocycles. The van der Waals surface area contributed by atoms with Gasteiger partial charge in [-0.15, -0.1) is 0 Å². The Hall–Kier alpha value is -1.00. The van der Waals surface area contributed by atoms with Gasteiger partial charge in [-0.05, 0) is 30.1 Å². The van der Waals surface area contributed by atoms with Gasteiger partial charge in [-0.25, -0.2) is 0 Å². The Bertz CT molecular complexity index is 413. The van der Waals surface area contributed by atoms with E-state index in [1.165, 1.54) is 6.20 Å². The Kier molecular flexibility index (Phi) is 3.22. The summed E-state index contributed by atoms with van der Waals surface area (Å²) in [6, 6.07) is 0.256. The molecule has 1 heterocycles. The van der Waals surface area contributed by atoms with E-state index in [-0.39, 0.29) is 16.9 Å². The van der Waals surface area contributed by atoms with Gasteiger partial charge in [-0.2, -0.15) is 13.2 Å². The quantitative estimate of drug-likeness (QED) is 0.718. The number of carbonyl (C=O) groups excluding carboxylic acids is 1. The second kappa shape index (κ2) is 4.25. The number of likely N-dealkylation sites (tertiary alicyclic amines) is 1. The van der Waals surface area contributed by atoms with E-state index >= 15 is 0 Å². The molecule has 5 heteroatoms. The van der Waals surface area contributed by atoms with Gasteiger partial charge in [0.15, 0.2) is 0 Å². The Morgan fingerprint density at radius 2 is 1.89 bits per heavy atom. The molecule has 0 radical (unpaired) electrons. The molecule has 0 amide bonds. The lowest BCUT2D eigenvalue weighted by Gasteiger charge is -2.39. The first-order valence-corrected chi connectivity index (χ1v) is 6.56. The highest BCUT2D eigenvalue weighted by molar-refractivity contribution is 5.94. The zero-order valence-corrected chi connectivity index (χ0v) is 11.5. The minimum Gasteiger partial charge on any atom is -0.374 e. The highest BCUT2D eigenvalue weighted by Crippen LogP contribution is 2.52. The number of hydrogen-bond acceptors (Lipinski definition) is 2. The molecule has 0 aromatic carbocycles. The number of allylic oxidation sites excluding steroid dienone is 1. The number of rotatable bonds is 2. The molecule has 0 aromatic heterocycles. The zero-order valence-electron chi connectivity index (χ0n) is 11.5. The van der Waals surface area contributed by atoms with E-state index in [9.17, 15) is 18.0 Å². The SMILES string of the molecule is CC1(C)CC2CC(C)(CN2C=CC(=O)C(F)(F)F)C1. The molecule has 1 aliphatic carbocycles. The molecule has 19 heavy (non-hydrogen) atoms.